The van der Waals surface area contributed by atoms with Crippen LogP contribution in [0.1, 0.15) is 12.0 Å². The van der Waals surface area contributed by atoms with Gasteiger partial charge >= 0.3 is 0 Å². The third-order valence-electron chi connectivity index (χ3n) is 4.72. The van der Waals surface area contributed by atoms with E-state index in [4.69, 9.17) is 9.47 Å². The van der Waals surface area contributed by atoms with Gasteiger partial charge in [-0.1, -0.05) is 48.5 Å². The highest BCUT2D eigenvalue weighted by molar-refractivity contribution is 7.95. The molecule has 1 fully saturated rings. The van der Waals surface area contributed by atoms with Gasteiger partial charge in [-0.15, -0.1) is 0 Å². The molecule has 2 bridgehead atoms. The van der Waals surface area contributed by atoms with Gasteiger partial charge in [0, 0.05) is 5.92 Å². The summed E-state index contributed by atoms with van der Waals surface area (Å²) in [4.78, 5) is 0.713. The van der Waals surface area contributed by atoms with Gasteiger partial charge in [0.25, 0.3) is 0 Å². The van der Waals surface area contributed by atoms with Gasteiger partial charge in [-0.3, -0.25) is 0 Å². The van der Waals surface area contributed by atoms with E-state index in [1.165, 1.54) is 0 Å². The summed E-state index contributed by atoms with van der Waals surface area (Å²) in [6, 6.07) is 18.5. The van der Waals surface area contributed by atoms with Gasteiger partial charge in [0.05, 0.1) is 35.2 Å². The average molecular weight is 356 g/mol. The second kappa shape index (κ2) is 6.75. The highest BCUT2D eigenvalue weighted by atomic mass is 32.2. The van der Waals surface area contributed by atoms with Crippen molar-refractivity contribution >= 4 is 9.84 Å². The van der Waals surface area contributed by atoms with Crippen molar-refractivity contribution in [3.05, 3.63) is 77.2 Å². The minimum absolute atomic E-state index is 0.0761. The topological polar surface area (TPSA) is 52.6 Å². The van der Waals surface area contributed by atoms with Crippen molar-refractivity contribution in [1.29, 1.82) is 0 Å². The number of ether oxygens (including phenoxy) is 2. The molecule has 0 saturated carbocycles. The number of sulfone groups is 1. The Morgan fingerprint density at radius 3 is 2.36 bits per heavy atom. The molecule has 0 aromatic heterocycles. The fourth-order valence-corrected chi connectivity index (χ4v) is 5.17. The molecule has 2 aromatic carbocycles. The van der Waals surface area contributed by atoms with E-state index in [2.05, 4.69) is 0 Å². The molecule has 4 nitrogen and oxygen atoms in total. The quantitative estimate of drug-likeness (QED) is 0.796. The van der Waals surface area contributed by atoms with Crippen LogP contribution in [0.15, 0.2) is 76.5 Å². The van der Waals surface area contributed by atoms with Gasteiger partial charge in [0.2, 0.25) is 9.84 Å². The Morgan fingerprint density at radius 2 is 1.68 bits per heavy atom. The Bertz CT molecular complexity index is 859. The second-order valence-electron chi connectivity index (χ2n) is 6.48. The lowest BCUT2D eigenvalue weighted by atomic mass is 9.95. The van der Waals surface area contributed by atoms with Crippen molar-refractivity contribution in [2.45, 2.75) is 30.1 Å². The van der Waals surface area contributed by atoms with Crippen LogP contribution in [0.2, 0.25) is 0 Å². The summed E-state index contributed by atoms with van der Waals surface area (Å²) in [5.74, 6) is 0.0761. The predicted molar refractivity (Wildman–Crippen MR) is 94.6 cm³/mol. The smallest absolute Gasteiger partial charge is 0.205 e. The van der Waals surface area contributed by atoms with Gasteiger partial charge in [-0.25, -0.2) is 8.42 Å². The fraction of sp³-hybridized carbons (Fsp3) is 0.300. The van der Waals surface area contributed by atoms with Crippen molar-refractivity contribution in [2.75, 3.05) is 6.61 Å². The van der Waals surface area contributed by atoms with Crippen LogP contribution in [0.25, 0.3) is 0 Å². The number of hydrogen-bond donors (Lipinski definition) is 0. The van der Waals surface area contributed by atoms with Crippen LogP contribution >= 0.6 is 0 Å². The van der Waals surface area contributed by atoms with E-state index >= 15 is 0 Å². The molecule has 4 rings (SSSR count). The fourth-order valence-electron chi connectivity index (χ4n) is 3.50. The van der Waals surface area contributed by atoms with Crippen LogP contribution in [0.4, 0.5) is 0 Å². The Morgan fingerprint density at radius 1 is 1.00 bits per heavy atom. The van der Waals surface area contributed by atoms with Crippen LogP contribution in [-0.4, -0.2) is 27.2 Å². The van der Waals surface area contributed by atoms with Crippen molar-refractivity contribution in [1.82, 2.24) is 0 Å². The van der Waals surface area contributed by atoms with Crippen molar-refractivity contribution in [3.8, 4) is 0 Å². The van der Waals surface area contributed by atoms with E-state index in [0.29, 0.717) is 23.0 Å². The van der Waals surface area contributed by atoms with Crippen molar-refractivity contribution in [2.24, 2.45) is 5.92 Å². The van der Waals surface area contributed by atoms with Gasteiger partial charge in [-0.05, 0) is 30.2 Å². The van der Waals surface area contributed by atoms with E-state index in [-0.39, 0.29) is 12.0 Å². The summed E-state index contributed by atoms with van der Waals surface area (Å²) >= 11 is 0. The van der Waals surface area contributed by atoms with Crippen LogP contribution in [0.5, 0.6) is 0 Å². The van der Waals surface area contributed by atoms with Crippen LogP contribution in [0, 0.1) is 5.92 Å². The summed E-state index contributed by atoms with van der Waals surface area (Å²) in [5.41, 5.74) is 1.11. The minimum atomic E-state index is -3.50. The third kappa shape index (κ3) is 3.27. The molecule has 2 aliphatic heterocycles. The van der Waals surface area contributed by atoms with E-state index in [1.807, 2.05) is 36.4 Å². The largest absolute Gasteiger partial charge is 0.376 e. The molecule has 0 spiro atoms. The molecule has 0 unspecified atom stereocenters. The Labute approximate surface area is 148 Å². The summed E-state index contributed by atoms with van der Waals surface area (Å²) in [6.45, 7) is 1.02. The zero-order valence-corrected chi connectivity index (χ0v) is 14.6. The summed E-state index contributed by atoms with van der Waals surface area (Å²) in [6.07, 6.45) is 2.06. The molecular formula is C20H20O4S. The Kier molecular flexibility index (Phi) is 4.46. The second-order valence-corrected chi connectivity index (χ2v) is 8.43. The number of fused-ring (bicyclic) bond motifs is 2. The van der Waals surface area contributed by atoms with Gasteiger partial charge in [0.15, 0.2) is 0 Å². The first-order valence-corrected chi connectivity index (χ1v) is 9.92. The molecule has 2 heterocycles. The maximum atomic E-state index is 12.9. The molecule has 5 heteroatoms. The molecule has 3 atom stereocenters. The molecule has 1 saturated heterocycles. The predicted octanol–water partition coefficient (Wildman–Crippen LogP) is 3.35. The minimum Gasteiger partial charge on any atom is -0.376 e. The van der Waals surface area contributed by atoms with Crippen molar-refractivity contribution < 1.29 is 17.9 Å². The van der Waals surface area contributed by atoms with Crippen LogP contribution in [-0.2, 0) is 25.9 Å². The Balaban J connectivity index is 1.44. The molecule has 0 N–H and O–H groups in total. The zero-order valence-electron chi connectivity index (χ0n) is 13.7. The average Bonchev–Trinajstić information content (AvgIpc) is 3.24. The molecule has 2 aromatic rings. The summed E-state index contributed by atoms with van der Waals surface area (Å²) in [5, 5.41) is 0. The maximum Gasteiger partial charge on any atom is 0.205 e. The molecule has 25 heavy (non-hydrogen) atoms. The molecule has 2 aliphatic rings. The first-order valence-electron chi connectivity index (χ1n) is 8.43. The number of benzene rings is 2. The summed E-state index contributed by atoms with van der Waals surface area (Å²) in [7, 11) is -3.50. The first-order chi connectivity index (χ1) is 12.1. The highest BCUT2D eigenvalue weighted by Crippen LogP contribution is 2.42. The van der Waals surface area contributed by atoms with Crippen molar-refractivity contribution in [3.63, 3.8) is 0 Å². The van der Waals surface area contributed by atoms with Crippen LogP contribution < -0.4 is 0 Å². The zero-order chi connectivity index (χ0) is 17.3. The van der Waals surface area contributed by atoms with Gasteiger partial charge < -0.3 is 9.47 Å². The number of rotatable bonds is 6. The SMILES string of the molecule is O=S(=O)(C1=C[C@@H]2C[C@H](COCc3ccccc3)[C@H]1O2)c1ccccc1. The van der Waals surface area contributed by atoms with Crippen LogP contribution in [0.3, 0.4) is 0 Å². The standard InChI is InChI=1S/C20H20O4S/c21-25(22,18-9-5-2-6-10-18)19-12-17-11-16(20(19)24-17)14-23-13-15-7-3-1-4-8-15/h1-10,12,16-17,20H,11,13-14H2/t16-,17+,20-/m1/s1. The molecule has 0 amide bonds. The molecular weight excluding hydrogens is 336 g/mol. The Hall–Kier alpha value is -1.95. The lowest BCUT2D eigenvalue weighted by Crippen LogP contribution is -2.27. The first kappa shape index (κ1) is 16.5. The normalized spacial score (nSPS) is 25.1. The van der Waals surface area contributed by atoms with Gasteiger partial charge in [0.1, 0.15) is 0 Å². The van der Waals surface area contributed by atoms with E-state index in [9.17, 15) is 8.42 Å². The molecule has 0 aliphatic carbocycles. The summed E-state index contributed by atoms with van der Waals surface area (Å²) < 4.78 is 37.4. The third-order valence-corrected chi connectivity index (χ3v) is 6.60. The molecule has 130 valence electrons. The number of hydrogen-bond acceptors (Lipinski definition) is 4. The molecule has 0 radical (unpaired) electrons. The van der Waals surface area contributed by atoms with Gasteiger partial charge in [-0.2, -0.15) is 0 Å². The van der Waals surface area contributed by atoms with E-state index in [0.717, 1.165) is 12.0 Å². The lowest BCUT2D eigenvalue weighted by Gasteiger charge is -2.21. The van der Waals surface area contributed by atoms with E-state index < -0.39 is 15.9 Å². The highest BCUT2D eigenvalue weighted by Gasteiger charge is 2.46. The van der Waals surface area contributed by atoms with E-state index in [1.54, 1.807) is 30.3 Å². The maximum absolute atomic E-state index is 12.9. The lowest BCUT2D eigenvalue weighted by molar-refractivity contribution is 0.0541. The monoisotopic (exact) mass is 356 g/mol.